The maximum absolute atomic E-state index is 12.4. The smallest absolute Gasteiger partial charge is 0.171 e. The Morgan fingerprint density at radius 2 is 1.63 bits per heavy atom. The van der Waals surface area contributed by atoms with Gasteiger partial charge in [-0.25, -0.2) is 0 Å². The third-order valence-corrected chi connectivity index (χ3v) is 3.63. The Bertz CT molecular complexity index is 612. The molecule has 0 nitrogen and oxygen atoms in total. The van der Waals surface area contributed by atoms with Gasteiger partial charge >= 0.3 is 6.18 Å². The lowest BCUT2D eigenvalue weighted by Gasteiger charge is -2.10. The van der Waals surface area contributed by atoms with Gasteiger partial charge < -0.3 is 0 Å². The van der Waals surface area contributed by atoms with Crippen LogP contribution in [0.3, 0.4) is 0 Å². The highest BCUT2D eigenvalue weighted by Crippen LogP contribution is 2.38. The lowest BCUT2D eigenvalue weighted by molar-refractivity contribution is -0.134. The van der Waals surface area contributed by atoms with Crippen molar-refractivity contribution >= 4 is 0 Å². The summed E-state index contributed by atoms with van der Waals surface area (Å²) >= 11 is 0. The topological polar surface area (TPSA) is 0 Å². The molecule has 0 N–H and O–H groups in total. The van der Waals surface area contributed by atoms with E-state index in [4.69, 9.17) is 0 Å². The van der Waals surface area contributed by atoms with Gasteiger partial charge in [-0.2, -0.15) is 13.2 Å². The average molecular weight is 262 g/mol. The van der Waals surface area contributed by atoms with E-state index in [2.05, 4.69) is 0 Å². The number of fused-ring (bicyclic) bond motifs is 3. The van der Waals surface area contributed by atoms with Crippen LogP contribution >= 0.6 is 0 Å². The fourth-order valence-corrected chi connectivity index (χ4v) is 2.73. The molecule has 0 aliphatic heterocycles. The summed E-state index contributed by atoms with van der Waals surface area (Å²) in [6, 6.07) is 13.7. The van der Waals surface area contributed by atoms with Crippen LogP contribution in [0, 0.1) is 0 Å². The molecule has 3 heteroatoms. The molecule has 19 heavy (non-hydrogen) atoms. The summed E-state index contributed by atoms with van der Waals surface area (Å²) in [4.78, 5) is 0. The Labute approximate surface area is 109 Å². The maximum Gasteiger partial charge on any atom is 0.389 e. The molecule has 0 saturated carbocycles. The van der Waals surface area contributed by atoms with Crippen molar-refractivity contribution in [3.8, 4) is 11.1 Å². The fraction of sp³-hybridized carbons (Fsp3) is 0.250. The summed E-state index contributed by atoms with van der Waals surface area (Å²) in [7, 11) is 0. The second kappa shape index (κ2) is 4.41. The van der Waals surface area contributed by atoms with Crippen LogP contribution in [0.15, 0.2) is 42.5 Å². The van der Waals surface area contributed by atoms with Crippen LogP contribution in [0.4, 0.5) is 13.2 Å². The van der Waals surface area contributed by atoms with Gasteiger partial charge in [-0.15, -0.1) is 0 Å². The fourth-order valence-electron chi connectivity index (χ4n) is 2.73. The number of hydrogen-bond acceptors (Lipinski definition) is 0. The molecule has 0 heterocycles. The van der Waals surface area contributed by atoms with Crippen molar-refractivity contribution in [3.63, 3.8) is 0 Å². The van der Waals surface area contributed by atoms with Crippen LogP contribution in [-0.2, 0) is 12.8 Å². The Morgan fingerprint density at radius 3 is 2.42 bits per heavy atom. The van der Waals surface area contributed by atoms with E-state index >= 15 is 0 Å². The van der Waals surface area contributed by atoms with Gasteiger partial charge in [0.1, 0.15) is 0 Å². The molecule has 0 atom stereocenters. The van der Waals surface area contributed by atoms with Crippen LogP contribution in [0.1, 0.15) is 23.1 Å². The molecule has 1 aliphatic rings. The maximum atomic E-state index is 12.4. The summed E-state index contributed by atoms with van der Waals surface area (Å²) < 4.78 is 37.1. The lowest BCUT2D eigenvalue weighted by atomic mass is 9.98. The number of halogens is 3. The summed E-state index contributed by atoms with van der Waals surface area (Å²) in [5.74, 6) is 0. The van der Waals surface area contributed by atoms with Crippen molar-refractivity contribution in [2.45, 2.75) is 25.4 Å². The monoisotopic (exact) mass is 262 g/mol. The van der Waals surface area contributed by atoms with Crippen LogP contribution in [0.5, 0.6) is 0 Å². The molecule has 3 rings (SSSR count). The molecule has 0 fully saturated rings. The number of aryl methyl sites for hydroxylation is 1. The minimum absolute atomic E-state index is 0.0701. The highest BCUT2D eigenvalue weighted by molar-refractivity contribution is 5.77. The zero-order chi connectivity index (χ0) is 13.5. The van der Waals surface area contributed by atoms with E-state index < -0.39 is 12.6 Å². The number of hydrogen-bond donors (Lipinski definition) is 0. The Balaban J connectivity index is 1.95. The third-order valence-electron chi connectivity index (χ3n) is 3.63. The highest BCUT2D eigenvalue weighted by Gasteiger charge is 2.28. The molecule has 0 bridgehead atoms. The molecule has 2 aromatic carbocycles. The predicted molar refractivity (Wildman–Crippen MR) is 69.1 cm³/mol. The van der Waals surface area contributed by atoms with Crippen LogP contribution < -0.4 is 0 Å². The van der Waals surface area contributed by atoms with Crippen molar-refractivity contribution in [2.75, 3.05) is 0 Å². The molecule has 2 aromatic rings. The molecule has 0 aromatic heterocycles. The van der Waals surface area contributed by atoms with Crippen molar-refractivity contribution in [3.05, 3.63) is 59.2 Å². The van der Waals surface area contributed by atoms with Gasteiger partial charge in [0.2, 0.25) is 0 Å². The predicted octanol–water partition coefficient (Wildman–Crippen LogP) is 4.75. The van der Waals surface area contributed by atoms with E-state index in [-0.39, 0.29) is 6.42 Å². The largest absolute Gasteiger partial charge is 0.389 e. The van der Waals surface area contributed by atoms with Crippen molar-refractivity contribution in [1.82, 2.24) is 0 Å². The second-order valence-corrected chi connectivity index (χ2v) is 4.89. The molecule has 1 aliphatic carbocycles. The van der Waals surface area contributed by atoms with Gasteiger partial charge in [-0.1, -0.05) is 42.5 Å². The molecule has 0 saturated heterocycles. The van der Waals surface area contributed by atoms with Crippen LogP contribution in [0.25, 0.3) is 11.1 Å². The first-order valence-corrected chi connectivity index (χ1v) is 6.30. The van der Waals surface area contributed by atoms with Gasteiger partial charge in [-0.05, 0) is 40.7 Å². The summed E-state index contributed by atoms with van der Waals surface area (Å²) in [6.45, 7) is 0. The van der Waals surface area contributed by atoms with E-state index in [1.807, 2.05) is 42.5 Å². The third kappa shape index (κ3) is 2.37. The second-order valence-electron chi connectivity index (χ2n) is 4.89. The zero-order valence-corrected chi connectivity index (χ0v) is 10.3. The standard InChI is InChI=1S/C16H13F3/c17-16(18,19)9-8-11-5-3-7-14-13-6-2-1-4-12(13)10-15(11)14/h1-7H,8-10H2. The summed E-state index contributed by atoms with van der Waals surface area (Å²) in [5.41, 5.74) is 5.34. The lowest BCUT2D eigenvalue weighted by Crippen LogP contribution is -2.09. The summed E-state index contributed by atoms with van der Waals surface area (Å²) in [5, 5.41) is 0. The first-order valence-electron chi connectivity index (χ1n) is 6.30. The normalized spacial score (nSPS) is 13.2. The molecular formula is C16H13F3. The summed E-state index contributed by atoms with van der Waals surface area (Å²) in [6.07, 6.45) is -4.02. The van der Waals surface area contributed by atoms with Crippen LogP contribution in [0.2, 0.25) is 0 Å². The Kier molecular flexibility index (Phi) is 2.85. The van der Waals surface area contributed by atoms with E-state index in [0.717, 1.165) is 28.7 Å². The van der Waals surface area contributed by atoms with E-state index in [9.17, 15) is 13.2 Å². The molecule has 98 valence electrons. The highest BCUT2D eigenvalue weighted by atomic mass is 19.4. The quantitative estimate of drug-likeness (QED) is 0.625. The van der Waals surface area contributed by atoms with E-state index in [1.54, 1.807) is 0 Å². The van der Waals surface area contributed by atoms with Gasteiger partial charge in [0.05, 0.1) is 0 Å². The number of rotatable bonds is 2. The van der Waals surface area contributed by atoms with Gasteiger partial charge in [0.25, 0.3) is 0 Å². The van der Waals surface area contributed by atoms with Gasteiger partial charge in [-0.3, -0.25) is 0 Å². The van der Waals surface area contributed by atoms with E-state index in [0.29, 0.717) is 0 Å². The van der Waals surface area contributed by atoms with Gasteiger partial charge in [0, 0.05) is 6.42 Å². The Hall–Kier alpha value is -1.77. The molecule has 0 unspecified atom stereocenters. The van der Waals surface area contributed by atoms with E-state index in [1.165, 1.54) is 5.56 Å². The van der Waals surface area contributed by atoms with Gasteiger partial charge in [0.15, 0.2) is 0 Å². The minimum Gasteiger partial charge on any atom is -0.171 e. The van der Waals surface area contributed by atoms with Crippen molar-refractivity contribution in [2.24, 2.45) is 0 Å². The molecule has 0 amide bonds. The first-order chi connectivity index (χ1) is 9.04. The molecule has 0 radical (unpaired) electrons. The zero-order valence-electron chi connectivity index (χ0n) is 10.3. The Morgan fingerprint density at radius 1 is 0.895 bits per heavy atom. The average Bonchev–Trinajstić information content (AvgIpc) is 2.74. The first kappa shape index (κ1) is 12.3. The number of alkyl halides is 3. The molecule has 0 spiro atoms. The minimum atomic E-state index is -4.09. The molecular weight excluding hydrogens is 249 g/mol. The SMILES string of the molecule is FC(F)(F)CCc1cccc2c1Cc1ccccc1-2. The number of benzene rings is 2. The van der Waals surface area contributed by atoms with Crippen molar-refractivity contribution in [1.29, 1.82) is 0 Å². The van der Waals surface area contributed by atoms with Crippen molar-refractivity contribution < 1.29 is 13.2 Å². The van der Waals surface area contributed by atoms with Crippen LogP contribution in [-0.4, -0.2) is 6.18 Å².